The molecular weight excluding hydrogens is 360 g/mol. The van der Waals surface area contributed by atoms with Crippen molar-refractivity contribution in [3.05, 3.63) is 41.6 Å². The lowest BCUT2D eigenvalue weighted by Crippen LogP contribution is -2.42. The summed E-state index contributed by atoms with van der Waals surface area (Å²) in [6.07, 6.45) is 1.98. The smallest absolute Gasteiger partial charge is 0.253 e. The monoisotopic (exact) mass is 384 g/mol. The largest absolute Gasteiger partial charge is 0.384 e. The molecule has 1 aromatic carbocycles. The van der Waals surface area contributed by atoms with Crippen LogP contribution in [0.3, 0.4) is 0 Å². The van der Waals surface area contributed by atoms with Gasteiger partial charge in [-0.3, -0.25) is 9.59 Å². The first kappa shape index (κ1) is 20.9. The van der Waals surface area contributed by atoms with Crippen LogP contribution in [-0.4, -0.2) is 55.9 Å². The average molecular weight is 384 g/mol. The summed E-state index contributed by atoms with van der Waals surface area (Å²) >= 11 is 0. The summed E-state index contributed by atoms with van der Waals surface area (Å²) in [6, 6.07) is 8.44. The van der Waals surface area contributed by atoms with Gasteiger partial charge in [-0.2, -0.15) is 5.26 Å². The summed E-state index contributed by atoms with van der Waals surface area (Å²) in [4.78, 5) is 29.4. The molecule has 2 rings (SSSR count). The normalized spacial score (nSPS) is 20.2. The SMILES string of the molecule is CN(C)C(=O)c1ccc(N=C(N)/C(=C\NC2COCCC2C#N)C(N)=O)cc1. The van der Waals surface area contributed by atoms with Crippen molar-refractivity contribution in [3.8, 4) is 6.07 Å². The molecule has 0 aliphatic carbocycles. The van der Waals surface area contributed by atoms with Crippen LogP contribution in [0.25, 0.3) is 0 Å². The number of aliphatic imine (C=N–C) groups is 1. The number of amides is 2. The molecule has 0 radical (unpaired) electrons. The van der Waals surface area contributed by atoms with Crippen LogP contribution in [0.15, 0.2) is 41.0 Å². The van der Waals surface area contributed by atoms with Crippen LogP contribution in [0.1, 0.15) is 16.8 Å². The van der Waals surface area contributed by atoms with E-state index >= 15 is 0 Å². The van der Waals surface area contributed by atoms with E-state index in [1.54, 1.807) is 38.4 Å². The predicted molar refractivity (Wildman–Crippen MR) is 104 cm³/mol. The van der Waals surface area contributed by atoms with Crippen molar-refractivity contribution < 1.29 is 14.3 Å². The second-order valence-electron chi connectivity index (χ2n) is 6.54. The quantitative estimate of drug-likeness (QED) is 0.364. The van der Waals surface area contributed by atoms with Crippen molar-refractivity contribution in [2.45, 2.75) is 12.5 Å². The Labute approximate surface area is 163 Å². The van der Waals surface area contributed by atoms with Gasteiger partial charge in [0.15, 0.2) is 0 Å². The van der Waals surface area contributed by atoms with E-state index in [0.29, 0.717) is 30.9 Å². The van der Waals surface area contributed by atoms with Gasteiger partial charge in [-0.05, 0) is 30.7 Å². The van der Waals surface area contributed by atoms with E-state index in [4.69, 9.17) is 16.2 Å². The van der Waals surface area contributed by atoms with E-state index in [1.807, 2.05) is 0 Å². The zero-order chi connectivity index (χ0) is 20.7. The highest BCUT2D eigenvalue weighted by atomic mass is 16.5. The van der Waals surface area contributed by atoms with Crippen molar-refractivity contribution in [3.63, 3.8) is 0 Å². The molecule has 1 saturated heterocycles. The van der Waals surface area contributed by atoms with Gasteiger partial charge < -0.3 is 26.4 Å². The van der Waals surface area contributed by atoms with E-state index in [2.05, 4.69) is 16.4 Å². The van der Waals surface area contributed by atoms with E-state index < -0.39 is 5.91 Å². The highest BCUT2D eigenvalue weighted by Gasteiger charge is 2.25. The number of nitrogens with two attached hydrogens (primary N) is 2. The molecule has 9 nitrogen and oxygen atoms in total. The first-order valence-electron chi connectivity index (χ1n) is 8.73. The zero-order valence-electron chi connectivity index (χ0n) is 15.9. The number of primary amides is 1. The summed E-state index contributed by atoms with van der Waals surface area (Å²) < 4.78 is 5.36. The summed E-state index contributed by atoms with van der Waals surface area (Å²) in [5, 5.41) is 12.2. The molecule has 2 atom stereocenters. The maximum absolute atomic E-state index is 11.9. The van der Waals surface area contributed by atoms with Crippen LogP contribution in [0.2, 0.25) is 0 Å². The lowest BCUT2D eigenvalue weighted by Gasteiger charge is -2.27. The minimum absolute atomic E-state index is 0.00397. The number of amidine groups is 1. The molecule has 1 aliphatic rings. The Bertz CT molecular complexity index is 823. The van der Waals surface area contributed by atoms with Gasteiger partial charge in [0.2, 0.25) is 0 Å². The summed E-state index contributed by atoms with van der Waals surface area (Å²) in [5.41, 5.74) is 12.3. The third-order valence-corrected chi connectivity index (χ3v) is 4.28. The van der Waals surface area contributed by atoms with Gasteiger partial charge in [0.05, 0.1) is 35.9 Å². The lowest BCUT2D eigenvalue weighted by atomic mass is 9.96. The Morgan fingerprint density at radius 3 is 2.57 bits per heavy atom. The highest BCUT2D eigenvalue weighted by Crippen LogP contribution is 2.16. The standard InChI is InChI=1S/C19H24N6O3/c1-25(2)19(27)12-3-5-14(6-4-12)24-17(21)15(18(22)26)10-23-16-11-28-8-7-13(16)9-20/h3-6,10,13,16,23H,7-8,11H2,1-2H3,(H2,21,24)(H2,22,26)/b15-10+. The van der Waals surface area contributed by atoms with Crippen molar-refractivity contribution >= 4 is 23.3 Å². The van der Waals surface area contributed by atoms with Crippen molar-refractivity contribution in [2.75, 3.05) is 27.3 Å². The van der Waals surface area contributed by atoms with Crippen LogP contribution in [0.5, 0.6) is 0 Å². The number of nitriles is 1. The van der Waals surface area contributed by atoms with Gasteiger partial charge in [0, 0.05) is 32.5 Å². The second-order valence-corrected chi connectivity index (χ2v) is 6.54. The number of hydrogen-bond acceptors (Lipinski definition) is 6. The maximum atomic E-state index is 11.9. The minimum Gasteiger partial charge on any atom is -0.384 e. The lowest BCUT2D eigenvalue weighted by molar-refractivity contribution is -0.114. The van der Waals surface area contributed by atoms with Crippen LogP contribution in [-0.2, 0) is 9.53 Å². The molecule has 148 valence electrons. The van der Waals surface area contributed by atoms with Gasteiger partial charge in [0.25, 0.3) is 11.8 Å². The molecule has 1 aromatic rings. The summed E-state index contributed by atoms with van der Waals surface area (Å²) in [5.74, 6) is -1.19. The number of ether oxygens (including phenoxy) is 1. The van der Waals surface area contributed by atoms with Gasteiger partial charge >= 0.3 is 0 Å². The number of nitrogens with zero attached hydrogens (tertiary/aromatic N) is 3. The predicted octanol–water partition coefficient (Wildman–Crippen LogP) is 0.265. The Kier molecular flexibility index (Phi) is 7.12. The number of hydrogen-bond donors (Lipinski definition) is 3. The van der Waals surface area contributed by atoms with Crippen LogP contribution in [0.4, 0.5) is 5.69 Å². The van der Waals surface area contributed by atoms with Gasteiger partial charge in [0.1, 0.15) is 5.84 Å². The molecule has 0 saturated carbocycles. The van der Waals surface area contributed by atoms with Crippen LogP contribution >= 0.6 is 0 Å². The van der Waals surface area contributed by atoms with Gasteiger partial charge in [-0.25, -0.2) is 4.99 Å². The van der Waals surface area contributed by atoms with E-state index in [1.165, 1.54) is 11.1 Å². The van der Waals surface area contributed by atoms with Crippen LogP contribution < -0.4 is 16.8 Å². The summed E-state index contributed by atoms with van der Waals surface area (Å²) in [7, 11) is 3.33. The number of nitrogens with one attached hydrogen (secondary N) is 1. The fourth-order valence-electron chi connectivity index (χ4n) is 2.65. The van der Waals surface area contributed by atoms with Crippen molar-refractivity contribution in [1.82, 2.24) is 10.2 Å². The number of benzene rings is 1. The Hall–Kier alpha value is -3.38. The summed E-state index contributed by atoms with van der Waals surface area (Å²) in [6.45, 7) is 0.873. The molecule has 9 heteroatoms. The molecule has 2 unspecified atom stereocenters. The molecule has 0 bridgehead atoms. The zero-order valence-corrected chi connectivity index (χ0v) is 15.9. The molecular formula is C19H24N6O3. The third-order valence-electron chi connectivity index (χ3n) is 4.28. The third kappa shape index (κ3) is 5.31. The molecule has 0 aromatic heterocycles. The first-order chi connectivity index (χ1) is 13.3. The molecule has 28 heavy (non-hydrogen) atoms. The van der Waals surface area contributed by atoms with Gasteiger partial charge in [-0.15, -0.1) is 0 Å². The van der Waals surface area contributed by atoms with Crippen LogP contribution in [0, 0.1) is 17.2 Å². The molecule has 5 N–H and O–H groups in total. The molecule has 0 spiro atoms. The molecule has 2 amide bonds. The van der Waals surface area contributed by atoms with Gasteiger partial charge in [-0.1, -0.05) is 0 Å². The fraction of sp³-hybridized carbons (Fsp3) is 0.368. The Morgan fingerprint density at radius 2 is 2.00 bits per heavy atom. The van der Waals surface area contributed by atoms with Crippen molar-refractivity contribution in [1.29, 1.82) is 5.26 Å². The van der Waals surface area contributed by atoms with E-state index in [9.17, 15) is 14.9 Å². The fourth-order valence-corrected chi connectivity index (χ4v) is 2.65. The Morgan fingerprint density at radius 1 is 1.32 bits per heavy atom. The molecule has 1 heterocycles. The first-order valence-corrected chi connectivity index (χ1v) is 8.73. The van der Waals surface area contributed by atoms with E-state index in [0.717, 1.165) is 0 Å². The van der Waals surface area contributed by atoms with Crippen molar-refractivity contribution in [2.24, 2.45) is 22.4 Å². The topological polar surface area (TPSA) is 147 Å². The number of carbonyl (C=O) groups is 2. The highest BCUT2D eigenvalue weighted by molar-refractivity contribution is 6.20. The molecule has 1 fully saturated rings. The minimum atomic E-state index is -0.751. The molecule has 1 aliphatic heterocycles. The van der Waals surface area contributed by atoms with E-state index in [-0.39, 0.29) is 29.3 Å². The second kappa shape index (κ2) is 9.53. The number of carbonyl (C=O) groups excluding carboxylic acids is 2. The Balaban J connectivity index is 2.17. The number of rotatable bonds is 6. The maximum Gasteiger partial charge on any atom is 0.253 e. The average Bonchev–Trinajstić information content (AvgIpc) is 2.68.